The maximum absolute atomic E-state index is 13.0. The van der Waals surface area contributed by atoms with Gasteiger partial charge in [0.05, 0.1) is 6.42 Å². The van der Waals surface area contributed by atoms with Crippen molar-refractivity contribution in [3.63, 3.8) is 0 Å². The fraction of sp³-hybridized carbons (Fsp3) is 0.286. The number of carbonyl (C=O) groups excluding carboxylic acids is 1. The zero-order valence-electron chi connectivity index (χ0n) is 15.0. The SMILES string of the molecule is O=C(Cc1ccc(F)cc1)Nc1cccc(-c2nnc3n2CCCCC3)c1. The topological polar surface area (TPSA) is 59.8 Å². The van der Waals surface area contributed by atoms with Gasteiger partial charge in [0.2, 0.25) is 5.91 Å². The standard InChI is InChI=1S/C21H21FN4O/c22-17-10-8-15(9-11-17)13-20(27)23-18-6-4-5-16(14-18)21-25-24-19-7-2-1-3-12-26(19)21/h4-6,8-11,14H,1-3,7,12-13H2,(H,23,27). The quantitative estimate of drug-likeness (QED) is 0.761. The zero-order chi connectivity index (χ0) is 18.6. The summed E-state index contributed by atoms with van der Waals surface area (Å²) in [7, 11) is 0. The average molecular weight is 364 g/mol. The van der Waals surface area contributed by atoms with Gasteiger partial charge in [-0.2, -0.15) is 0 Å². The minimum absolute atomic E-state index is 0.140. The summed E-state index contributed by atoms with van der Waals surface area (Å²) in [6.07, 6.45) is 4.65. The van der Waals surface area contributed by atoms with Gasteiger partial charge in [-0.15, -0.1) is 10.2 Å². The molecule has 1 aliphatic rings. The highest BCUT2D eigenvalue weighted by Crippen LogP contribution is 2.25. The summed E-state index contributed by atoms with van der Waals surface area (Å²) in [5, 5.41) is 11.6. The maximum Gasteiger partial charge on any atom is 0.228 e. The molecule has 0 atom stereocenters. The first kappa shape index (κ1) is 17.4. The Hall–Kier alpha value is -3.02. The lowest BCUT2D eigenvalue weighted by molar-refractivity contribution is -0.115. The van der Waals surface area contributed by atoms with Gasteiger partial charge in [0, 0.05) is 24.2 Å². The molecule has 2 heterocycles. The number of anilines is 1. The Morgan fingerprint density at radius 2 is 1.93 bits per heavy atom. The number of hydrogen-bond donors (Lipinski definition) is 1. The van der Waals surface area contributed by atoms with E-state index >= 15 is 0 Å². The first-order valence-electron chi connectivity index (χ1n) is 9.26. The second kappa shape index (κ2) is 7.70. The van der Waals surface area contributed by atoms with Crippen molar-refractivity contribution in [1.29, 1.82) is 0 Å². The number of amides is 1. The molecule has 0 bridgehead atoms. The fourth-order valence-corrected chi connectivity index (χ4v) is 3.43. The monoisotopic (exact) mass is 364 g/mol. The van der Waals surface area contributed by atoms with E-state index in [0.717, 1.165) is 48.6 Å². The van der Waals surface area contributed by atoms with Crippen molar-refractivity contribution in [2.45, 2.75) is 38.6 Å². The lowest BCUT2D eigenvalue weighted by Crippen LogP contribution is -2.14. The maximum atomic E-state index is 13.0. The minimum atomic E-state index is -0.306. The van der Waals surface area contributed by atoms with Crippen LogP contribution < -0.4 is 5.32 Å². The van der Waals surface area contributed by atoms with Crippen LogP contribution in [0.4, 0.5) is 10.1 Å². The highest BCUT2D eigenvalue weighted by molar-refractivity contribution is 5.92. The van der Waals surface area contributed by atoms with Gasteiger partial charge in [-0.05, 0) is 42.7 Å². The van der Waals surface area contributed by atoms with Gasteiger partial charge in [-0.1, -0.05) is 30.7 Å². The molecular weight excluding hydrogens is 343 g/mol. The molecule has 0 fully saturated rings. The molecule has 1 N–H and O–H groups in total. The largest absolute Gasteiger partial charge is 0.326 e. The molecule has 1 amide bonds. The number of rotatable bonds is 4. The van der Waals surface area contributed by atoms with E-state index < -0.39 is 0 Å². The molecule has 0 unspecified atom stereocenters. The summed E-state index contributed by atoms with van der Waals surface area (Å²) in [6, 6.07) is 13.6. The normalized spacial score (nSPS) is 13.7. The van der Waals surface area contributed by atoms with Crippen molar-refractivity contribution in [2.24, 2.45) is 0 Å². The van der Waals surface area contributed by atoms with Crippen LogP contribution in [-0.2, 0) is 24.2 Å². The number of hydrogen-bond acceptors (Lipinski definition) is 3. The van der Waals surface area contributed by atoms with Gasteiger partial charge in [0.25, 0.3) is 0 Å². The van der Waals surface area contributed by atoms with Crippen LogP contribution in [0.3, 0.4) is 0 Å². The highest BCUT2D eigenvalue weighted by atomic mass is 19.1. The second-order valence-electron chi connectivity index (χ2n) is 6.83. The van der Waals surface area contributed by atoms with Crippen LogP contribution in [0.15, 0.2) is 48.5 Å². The van der Waals surface area contributed by atoms with E-state index in [1.807, 2.05) is 24.3 Å². The number of nitrogens with one attached hydrogen (secondary N) is 1. The molecule has 1 aromatic heterocycles. The number of carbonyl (C=O) groups is 1. The Morgan fingerprint density at radius 1 is 1.07 bits per heavy atom. The molecule has 138 valence electrons. The number of aryl methyl sites for hydroxylation is 1. The van der Waals surface area contributed by atoms with E-state index in [4.69, 9.17) is 0 Å². The van der Waals surface area contributed by atoms with Crippen LogP contribution in [0, 0.1) is 5.82 Å². The molecule has 0 aliphatic carbocycles. The van der Waals surface area contributed by atoms with Crippen LogP contribution in [0.5, 0.6) is 0 Å². The first-order chi connectivity index (χ1) is 13.2. The number of nitrogens with zero attached hydrogens (tertiary/aromatic N) is 3. The summed E-state index contributed by atoms with van der Waals surface area (Å²) in [4.78, 5) is 12.3. The molecule has 0 saturated heterocycles. The second-order valence-corrected chi connectivity index (χ2v) is 6.83. The van der Waals surface area contributed by atoms with Gasteiger partial charge in [-0.3, -0.25) is 4.79 Å². The Bertz CT molecular complexity index is 949. The van der Waals surface area contributed by atoms with Crippen molar-refractivity contribution in [3.05, 3.63) is 65.7 Å². The molecule has 3 aromatic rings. The minimum Gasteiger partial charge on any atom is -0.326 e. The third-order valence-electron chi connectivity index (χ3n) is 4.79. The predicted molar refractivity (Wildman–Crippen MR) is 102 cm³/mol. The van der Waals surface area contributed by atoms with Gasteiger partial charge < -0.3 is 9.88 Å². The van der Waals surface area contributed by atoms with Crippen molar-refractivity contribution < 1.29 is 9.18 Å². The molecular formula is C21H21FN4O. The summed E-state index contributed by atoms with van der Waals surface area (Å²) < 4.78 is 15.2. The zero-order valence-corrected chi connectivity index (χ0v) is 15.0. The highest BCUT2D eigenvalue weighted by Gasteiger charge is 2.16. The van der Waals surface area contributed by atoms with E-state index in [0.29, 0.717) is 5.69 Å². The molecule has 6 heteroatoms. The molecule has 27 heavy (non-hydrogen) atoms. The Morgan fingerprint density at radius 3 is 2.78 bits per heavy atom. The van der Waals surface area contributed by atoms with Gasteiger partial charge >= 0.3 is 0 Å². The lowest BCUT2D eigenvalue weighted by atomic mass is 10.1. The molecule has 1 aliphatic heterocycles. The average Bonchev–Trinajstić information content (AvgIpc) is 2.92. The fourth-order valence-electron chi connectivity index (χ4n) is 3.43. The van der Waals surface area contributed by atoms with Gasteiger partial charge in [-0.25, -0.2) is 4.39 Å². The van der Waals surface area contributed by atoms with Crippen molar-refractivity contribution in [1.82, 2.24) is 14.8 Å². The first-order valence-corrected chi connectivity index (χ1v) is 9.26. The van der Waals surface area contributed by atoms with Gasteiger partial charge in [0.1, 0.15) is 11.6 Å². The van der Waals surface area contributed by atoms with Crippen molar-refractivity contribution in [2.75, 3.05) is 5.32 Å². The van der Waals surface area contributed by atoms with Crippen LogP contribution >= 0.6 is 0 Å². The van der Waals surface area contributed by atoms with Crippen LogP contribution in [-0.4, -0.2) is 20.7 Å². The molecule has 0 saturated carbocycles. The van der Waals surface area contributed by atoms with E-state index in [-0.39, 0.29) is 18.1 Å². The summed E-state index contributed by atoms with van der Waals surface area (Å²) >= 11 is 0. The van der Waals surface area contributed by atoms with Crippen molar-refractivity contribution >= 4 is 11.6 Å². The Labute approximate surface area is 157 Å². The third kappa shape index (κ3) is 4.05. The van der Waals surface area contributed by atoms with E-state index in [1.54, 1.807) is 12.1 Å². The number of aromatic nitrogens is 3. The molecule has 4 rings (SSSR count). The number of halogens is 1. The van der Waals surface area contributed by atoms with E-state index in [9.17, 15) is 9.18 Å². The molecule has 2 aromatic carbocycles. The predicted octanol–water partition coefficient (Wildman–Crippen LogP) is 3.99. The number of fused-ring (bicyclic) bond motifs is 1. The van der Waals surface area contributed by atoms with Crippen LogP contribution in [0.2, 0.25) is 0 Å². The van der Waals surface area contributed by atoms with Gasteiger partial charge in [0.15, 0.2) is 5.82 Å². The number of benzene rings is 2. The van der Waals surface area contributed by atoms with Crippen molar-refractivity contribution in [3.8, 4) is 11.4 Å². The third-order valence-corrected chi connectivity index (χ3v) is 4.79. The smallest absolute Gasteiger partial charge is 0.228 e. The lowest BCUT2D eigenvalue weighted by Gasteiger charge is -2.09. The Kier molecular flexibility index (Phi) is 4.96. The summed E-state index contributed by atoms with van der Waals surface area (Å²) in [5.41, 5.74) is 2.42. The Balaban J connectivity index is 1.50. The molecule has 5 nitrogen and oxygen atoms in total. The summed E-state index contributed by atoms with van der Waals surface area (Å²) in [6.45, 7) is 0.929. The van der Waals surface area contributed by atoms with E-state index in [1.165, 1.54) is 18.6 Å². The molecule has 0 spiro atoms. The van der Waals surface area contributed by atoms with Crippen LogP contribution in [0.25, 0.3) is 11.4 Å². The molecule has 0 radical (unpaired) electrons. The van der Waals surface area contributed by atoms with E-state index in [2.05, 4.69) is 20.1 Å². The van der Waals surface area contributed by atoms with Crippen LogP contribution in [0.1, 0.15) is 30.7 Å². The summed E-state index contributed by atoms with van der Waals surface area (Å²) in [5.74, 6) is 1.44.